The van der Waals surface area contributed by atoms with Gasteiger partial charge in [0, 0.05) is 19.8 Å². The lowest BCUT2D eigenvalue weighted by molar-refractivity contribution is -0.344. The van der Waals surface area contributed by atoms with E-state index in [-0.39, 0.29) is 5.56 Å². The van der Waals surface area contributed by atoms with Crippen molar-refractivity contribution < 1.29 is 54.0 Å². The van der Waals surface area contributed by atoms with E-state index in [9.17, 15) is 30.3 Å². The summed E-state index contributed by atoms with van der Waals surface area (Å²) < 4.78 is 28.1. The largest absolute Gasteiger partial charge is 0.394 e. The van der Waals surface area contributed by atoms with Crippen LogP contribution < -0.4 is 5.32 Å². The third kappa shape index (κ3) is 8.27. The molecule has 0 radical (unpaired) electrons. The molecule has 53 heavy (non-hydrogen) atoms. The third-order valence-electron chi connectivity index (χ3n) is 9.64. The summed E-state index contributed by atoms with van der Waals surface area (Å²) in [5, 5.41) is 55.8. The summed E-state index contributed by atoms with van der Waals surface area (Å²) in [6.45, 7) is -1.18. The second-order valence-corrected chi connectivity index (χ2v) is 12.9. The molecule has 6 rings (SSSR count). The Bertz CT molecular complexity index is 1750. The summed E-state index contributed by atoms with van der Waals surface area (Å²) in [5.41, 5.74) is 6.12. The maximum Gasteiger partial charge on any atom is 0.251 e. The van der Waals surface area contributed by atoms with Crippen LogP contribution in [0.4, 0.5) is 0 Å². The topological polar surface area (TPSA) is 176 Å². The quantitative estimate of drug-likeness (QED) is 0.118. The van der Waals surface area contributed by atoms with Gasteiger partial charge in [0.1, 0.15) is 48.8 Å². The number of ether oxygens (including phenoxy) is 5. The normalized spacial score (nSPS) is 28.6. The van der Waals surface area contributed by atoms with Crippen molar-refractivity contribution in [2.45, 2.75) is 61.3 Å². The van der Waals surface area contributed by atoms with Crippen molar-refractivity contribution in [3.63, 3.8) is 0 Å². The number of amides is 1. The Labute approximate surface area is 307 Å². The van der Waals surface area contributed by atoms with Crippen molar-refractivity contribution in [1.82, 2.24) is 5.32 Å². The van der Waals surface area contributed by atoms with Crippen LogP contribution in [-0.4, -0.2) is 120 Å². The van der Waals surface area contributed by atoms with Crippen molar-refractivity contribution in [2.24, 2.45) is 0 Å². The van der Waals surface area contributed by atoms with E-state index < -0.39 is 80.5 Å². The lowest BCUT2D eigenvalue weighted by Crippen LogP contribution is -2.68. The van der Waals surface area contributed by atoms with Crippen LogP contribution in [-0.2, 0) is 23.7 Å². The molecule has 0 bridgehead atoms. The van der Waals surface area contributed by atoms with Gasteiger partial charge in [0.05, 0.1) is 13.2 Å². The number of hydrogen-bond acceptors (Lipinski definition) is 11. The first kappa shape index (κ1) is 38.4. The Morgan fingerprint density at radius 3 is 1.45 bits per heavy atom. The number of nitrogens with one attached hydrogen (secondary N) is 1. The minimum absolute atomic E-state index is 0.263. The van der Waals surface area contributed by atoms with Crippen LogP contribution in [0.25, 0.3) is 11.1 Å². The van der Waals surface area contributed by atoms with Gasteiger partial charge < -0.3 is 54.5 Å². The minimum Gasteiger partial charge on any atom is -0.394 e. The van der Waals surface area contributed by atoms with Gasteiger partial charge in [-0.2, -0.15) is 0 Å². The molecule has 12 heteroatoms. The first-order chi connectivity index (χ1) is 25.8. The minimum atomic E-state index is -1.60. The van der Waals surface area contributed by atoms with Gasteiger partial charge in [0.25, 0.3) is 5.91 Å². The van der Waals surface area contributed by atoms with E-state index in [2.05, 4.69) is 29.6 Å². The second kappa shape index (κ2) is 17.7. The average Bonchev–Trinajstić information content (AvgIpc) is 3.20. The standard InChI is InChI=1S/C41H45NO11/c1-49-37-29(22-43)51-40(53-38-30(23-44)52-41(50-2)36(47)35(38)46)33(34(37)45)42-39(48)28-20-18-27(19-21-28)32(26-16-10-5-11-17-26)31(24-12-6-3-7-13-24)25-14-8-4-9-15-25/h3-21,29-30,33-38,40-41,43-47H,22-23H2,1-2H3,(H,42,48). The molecule has 280 valence electrons. The maximum atomic E-state index is 13.9. The zero-order valence-corrected chi connectivity index (χ0v) is 29.3. The first-order valence-corrected chi connectivity index (χ1v) is 17.4. The molecule has 10 atom stereocenters. The van der Waals surface area contributed by atoms with E-state index in [1.54, 1.807) is 12.1 Å². The predicted molar refractivity (Wildman–Crippen MR) is 194 cm³/mol. The smallest absolute Gasteiger partial charge is 0.251 e. The summed E-state index contributed by atoms with van der Waals surface area (Å²) in [6, 6.07) is 36.0. The van der Waals surface area contributed by atoms with Crippen LogP contribution in [0.2, 0.25) is 0 Å². The summed E-state index contributed by atoms with van der Waals surface area (Å²) in [4.78, 5) is 13.9. The van der Waals surface area contributed by atoms with E-state index in [0.717, 1.165) is 33.4 Å². The lowest BCUT2D eigenvalue weighted by atomic mass is 9.85. The molecule has 0 spiro atoms. The molecule has 0 aromatic heterocycles. The fraction of sp³-hybridized carbons (Fsp3) is 0.341. The number of hydrogen-bond donors (Lipinski definition) is 6. The third-order valence-corrected chi connectivity index (χ3v) is 9.64. The Morgan fingerprint density at radius 1 is 0.566 bits per heavy atom. The molecule has 0 aliphatic carbocycles. The molecule has 4 aromatic rings. The van der Waals surface area contributed by atoms with Gasteiger partial charge in [-0.3, -0.25) is 4.79 Å². The van der Waals surface area contributed by atoms with Gasteiger partial charge in [-0.15, -0.1) is 0 Å². The molecule has 2 fully saturated rings. The number of rotatable bonds is 12. The molecule has 2 heterocycles. The molecule has 0 saturated carbocycles. The molecule has 2 aliphatic rings. The first-order valence-electron chi connectivity index (χ1n) is 17.4. The highest BCUT2D eigenvalue weighted by Crippen LogP contribution is 2.37. The predicted octanol–water partition coefficient (Wildman–Crippen LogP) is 2.36. The molecule has 2 saturated heterocycles. The van der Waals surface area contributed by atoms with Crippen LogP contribution >= 0.6 is 0 Å². The van der Waals surface area contributed by atoms with Gasteiger partial charge in [0.15, 0.2) is 12.6 Å². The van der Waals surface area contributed by atoms with Crippen LogP contribution in [0.15, 0.2) is 115 Å². The van der Waals surface area contributed by atoms with Gasteiger partial charge in [-0.25, -0.2) is 0 Å². The SMILES string of the molecule is COC1OC(CO)C(OC2OC(CO)C(OC)C(O)C2NC(=O)c2ccc(C(=C(c3ccccc3)c3ccccc3)c3ccccc3)cc2)C(O)C1O. The van der Waals surface area contributed by atoms with Gasteiger partial charge >= 0.3 is 0 Å². The molecule has 2 aliphatic heterocycles. The van der Waals surface area contributed by atoms with Crippen molar-refractivity contribution in [3.05, 3.63) is 143 Å². The van der Waals surface area contributed by atoms with E-state index in [1.807, 2.05) is 78.9 Å². The highest BCUT2D eigenvalue weighted by molar-refractivity contribution is 6.05. The van der Waals surface area contributed by atoms with Gasteiger partial charge in [-0.1, -0.05) is 103 Å². The van der Waals surface area contributed by atoms with E-state index in [1.165, 1.54) is 14.2 Å². The van der Waals surface area contributed by atoms with Gasteiger partial charge in [0.2, 0.25) is 0 Å². The fourth-order valence-electron chi connectivity index (χ4n) is 6.95. The highest BCUT2D eigenvalue weighted by Gasteiger charge is 2.51. The summed E-state index contributed by atoms with van der Waals surface area (Å²) in [5.74, 6) is -0.578. The monoisotopic (exact) mass is 727 g/mol. The zero-order valence-electron chi connectivity index (χ0n) is 29.3. The Hall–Kier alpha value is -4.31. The number of aliphatic hydroxyl groups is 5. The van der Waals surface area contributed by atoms with Gasteiger partial charge in [-0.05, 0) is 45.5 Å². The van der Waals surface area contributed by atoms with Crippen LogP contribution in [0.1, 0.15) is 32.6 Å². The molecule has 4 aromatic carbocycles. The molecule has 1 amide bonds. The van der Waals surface area contributed by atoms with Crippen molar-refractivity contribution in [1.29, 1.82) is 0 Å². The summed E-state index contributed by atoms with van der Waals surface area (Å²) in [6.07, 6.45) is -12.0. The molecule has 6 N–H and O–H groups in total. The van der Waals surface area contributed by atoms with Crippen LogP contribution in [0.5, 0.6) is 0 Å². The zero-order chi connectivity index (χ0) is 37.5. The average molecular weight is 728 g/mol. The number of methoxy groups -OCH3 is 2. The molecule has 12 nitrogen and oxygen atoms in total. The summed E-state index contributed by atoms with van der Waals surface area (Å²) in [7, 11) is 2.60. The molecule has 10 unspecified atom stereocenters. The number of carbonyl (C=O) groups excluding carboxylic acids is 1. The fourth-order valence-corrected chi connectivity index (χ4v) is 6.95. The van der Waals surface area contributed by atoms with Crippen LogP contribution in [0, 0.1) is 0 Å². The van der Waals surface area contributed by atoms with Crippen molar-refractivity contribution >= 4 is 17.1 Å². The van der Waals surface area contributed by atoms with Crippen molar-refractivity contribution in [3.8, 4) is 0 Å². The Balaban J connectivity index is 1.33. The maximum absolute atomic E-state index is 13.9. The van der Waals surface area contributed by atoms with Crippen LogP contribution in [0.3, 0.4) is 0 Å². The lowest BCUT2D eigenvalue weighted by Gasteiger charge is -2.47. The Kier molecular flexibility index (Phi) is 12.8. The highest BCUT2D eigenvalue weighted by atomic mass is 16.7. The number of benzene rings is 4. The number of carbonyl (C=O) groups is 1. The molecular weight excluding hydrogens is 682 g/mol. The number of aliphatic hydroxyl groups excluding tert-OH is 5. The van der Waals surface area contributed by atoms with E-state index in [4.69, 9.17) is 23.7 Å². The van der Waals surface area contributed by atoms with E-state index in [0.29, 0.717) is 0 Å². The summed E-state index contributed by atoms with van der Waals surface area (Å²) >= 11 is 0. The molecular formula is C41H45NO11. The van der Waals surface area contributed by atoms with Crippen molar-refractivity contribution in [2.75, 3.05) is 27.4 Å². The Morgan fingerprint density at radius 2 is 1.00 bits per heavy atom. The van der Waals surface area contributed by atoms with E-state index >= 15 is 0 Å². The second-order valence-electron chi connectivity index (χ2n) is 12.9.